The number of methoxy groups -OCH3 is 1. The number of likely N-dealkylation sites (tertiary alicyclic amines) is 1. The van der Waals surface area contributed by atoms with Gasteiger partial charge in [0.1, 0.15) is 35.7 Å². The van der Waals surface area contributed by atoms with E-state index in [4.69, 9.17) is 13.9 Å². The van der Waals surface area contributed by atoms with Gasteiger partial charge in [-0.25, -0.2) is 0 Å². The maximum absolute atomic E-state index is 12.9. The van der Waals surface area contributed by atoms with Crippen LogP contribution in [-0.2, 0) is 20.9 Å². The number of nitrogens with zero attached hydrogens (tertiary/aromatic N) is 1. The molecule has 3 aromatic rings. The Morgan fingerprint density at radius 1 is 1.03 bits per heavy atom. The van der Waals surface area contributed by atoms with Crippen LogP contribution in [0, 0.1) is 13.8 Å². The zero-order valence-corrected chi connectivity index (χ0v) is 19.4. The summed E-state index contributed by atoms with van der Waals surface area (Å²) >= 11 is 0. The van der Waals surface area contributed by atoms with E-state index < -0.39 is 17.7 Å². The number of rotatable bonds is 8. The van der Waals surface area contributed by atoms with Gasteiger partial charge in [-0.2, -0.15) is 0 Å². The highest BCUT2D eigenvalue weighted by molar-refractivity contribution is 6.46. The molecular weight excluding hydrogens is 434 g/mol. The molecule has 0 spiro atoms. The lowest BCUT2D eigenvalue weighted by Crippen LogP contribution is -2.32. The highest BCUT2D eigenvalue weighted by Crippen LogP contribution is 2.40. The standard InChI is InChI=1S/C27H27NO6/c1-17-6-4-5-7-20(17)16-33-21-11-9-19(10-12-21)25(29)23-24(22-13-8-18(2)34-22)28(14-15-32-3)27(31)26(23)30/h4-13,24,29H,14-16H2,1-3H3. The van der Waals surface area contributed by atoms with Gasteiger partial charge in [0.2, 0.25) is 0 Å². The van der Waals surface area contributed by atoms with E-state index in [-0.39, 0.29) is 24.5 Å². The predicted octanol–water partition coefficient (Wildman–Crippen LogP) is 4.54. The molecule has 2 aromatic carbocycles. The Bertz CT molecular complexity index is 1220. The molecule has 2 heterocycles. The van der Waals surface area contributed by atoms with Crippen LogP contribution in [0.15, 0.2) is 70.7 Å². The second-order valence-corrected chi connectivity index (χ2v) is 8.17. The van der Waals surface area contributed by atoms with Crippen LogP contribution in [0.25, 0.3) is 5.76 Å². The molecule has 1 aromatic heterocycles. The number of carbonyl (C=O) groups excluding carboxylic acids is 2. The first-order valence-corrected chi connectivity index (χ1v) is 11.0. The van der Waals surface area contributed by atoms with E-state index in [2.05, 4.69) is 0 Å². The first-order chi connectivity index (χ1) is 16.4. The number of amides is 1. The van der Waals surface area contributed by atoms with Crippen LogP contribution in [0.1, 0.15) is 34.3 Å². The van der Waals surface area contributed by atoms with Gasteiger partial charge in [0, 0.05) is 19.2 Å². The molecule has 1 saturated heterocycles. The summed E-state index contributed by atoms with van der Waals surface area (Å²) in [5, 5.41) is 11.1. The molecule has 1 N–H and O–H groups in total. The Hall–Kier alpha value is -3.84. The summed E-state index contributed by atoms with van der Waals surface area (Å²) < 4.78 is 16.7. The number of hydrogen-bond acceptors (Lipinski definition) is 6. The first kappa shape index (κ1) is 23.3. The van der Waals surface area contributed by atoms with Gasteiger partial charge in [0.05, 0.1) is 12.2 Å². The van der Waals surface area contributed by atoms with Crippen LogP contribution in [0.3, 0.4) is 0 Å². The fourth-order valence-corrected chi connectivity index (χ4v) is 3.99. The molecule has 0 radical (unpaired) electrons. The highest BCUT2D eigenvalue weighted by atomic mass is 16.5. The van der Waals surface area contributed by atoms with Crippen molar-refractivity contribution in [2.75, 3.05) is 20.3 Å². The topological polar surface area (TPSA) is 89.2 Å². The van der Waals surface area contributed by atoms with Crippen LogP contribution < -0.4 is 4.74 Å². The number of Topliss-reactive ketones (excluding diaryl/α,β-unsaturated/α-hetero) is 1. The fraction of sp³-hybridized carbons (Fsp3) is 0.259. The van der Waals surface area contributed by atoms with Crippen molar-refractivity contribution < 1.29 is 28.6 Å². The van der Waals surface area contributed by atoms with E-state index in [1.807, 2.05) is 31.2 Å². The lowest BCUT2D eigenvalue weighted by Gasteiger charge is -2.22. The molecule has 1 atom stereocenters. The number of aliphatic hydroxyl groups excluding tert-OH is 1. The summed E-state index contributed by atoms with van der Waals surface area (Å²) in [6.45, 7) is 4.66. The largest absolute Gasteiger partial charge is 0.507 e. The quantitative estimate of drug-likeness (QED) is 0.301. The fourth-order valence-electron chi connectivity index (χ4n) is 3.99. The summed E-state index contributed by atoms with van der Waals surface area (Å²) in [4.78, 5) is 27.1. The Kier molecular flexibility index (Phi) is 6.84. The molecule has 1 unspecified atom stereocenters. The maximum atomic E-state index is 12.9. The molecule has 0 saturated carbocycles. The molecule has 1 fully saturated rings. The summed E-state index contributed by atoms with van der Waals surface area (Å²) in [5.74, 6) is -0.0419. The van der Waals surface area contributed by atoms with Gasteiger partial charge in [0.15, 0.2) is 0 Å². The summed E-state index contributed by atoms with van der Waals surface area (Å²) in [7, 11) is 1.52. The van der Waals surface area contributed by atoms with Gasteiger partial charge in [0.25, 0.3) is 11.7 Å². The second kappa shape index (κ2) is 9.97. The molecule has 176 valence electrons. The number of furan rings is 1. The number of benzene rings is 2. The molecule has 1 aliphatic rings. The molecule has 7 heteroatoms. The minimum absolute atomic E-state index is 0.0102. The molecule has 34 heavy (non-hydrogen) atoms. The van der Waals surface area contributed by atoms with E-state index >= 15 is 0 Å². The molecule has 7 nitrogen and oxygen atoms in total. The van der Waals surface area contributed by atoms with Gasteiger partial charge in [-0.05, 0) is 61.4 Å². The van der Waals surface area contributed by atoms with E-state index in [1.165, 1.54) is 12.0 Å². The van der Waals surface area contributed by atoms with Crippen molar-refractivity contribution in [2.24, 2.45) is 0 Å². The number of hydrogen-bond donors (Lipinski definition) is 1. The lowest BCUT2D eigenvalue weighted by molar-refractivity contribution is -0.140. The van der Waals surface area contributed by atoms with Crippen molar-refractivity contribution in [1.82, 2.24) is 4.90 Å². The summed E-state index contributed by atoms with van der Waals surface area (Å²) in [5.41, 5.74) is 2.62. The smallest absolute Gasteiger partial charge is 0.295 e. The molecular formula is C27H27NO6. The number of ketones is 1. The van der Waals surface area contributed by atoms with Crippen LogP contribution in [0.2, 0.25) is 0 Å². The molecule has 4 rings (SSSR count). The monoisotopic (exact) mass is 461 g/mol. The number of aliphatic hydroxyl groups is 1. The third kappa shape index (κ3) is 4.61. The lowest BCUT2D eigenvalue weighted by atomic mass is 9.99. The average molecular weight is 462 g/mol. The second-order valence-electron chi connectivity index (χ2n) is 8.17. The molecule has 0 aliphatic carbocycles. The Morgan fingerprint density at radius 3 is 2.41 bits per heavy atom. The zero-order valence-electron chi connectivity index (χ0n) is 19.4. The number of aryl methyl sites for hydroxylation is 2. The maximum Gasteiger partial charge on any atom is 0.295 e. The van der Waals surface area contributed by atoms with Crippen LogP contribution in [-0.4, -0.2) is 42.0 Å². The van der Waals surface area contributed by atoms with E-state index in [9.17, 15) is 14.7 Å². The first-order valence-electron chi connectivity index (χ1n) is 11.0. The predicted molar refractivity (Wildman–Crippen MR) is 126 cm³/mol. The van der Waals surface area contributed by atoms with Gasteiger partial charge >= 0.3 is 0 Å². The molecule has 1 aliphatic heterocycles. The third-order valence-corrected chi connectivity index (χ3v) is 5.89. The van der Waals surface area contributed by atoms with E-state index in [0.717, 1.165) is 11.1 Å². The van der Waals surface area contributed by atoms with E-state index in [0.29, 0.717) is 29.4 Å². The van der Waals surface area contributed by atoms with Crippen molar-refractivity contribution in [3.05, 3.63) is 94.4 Å². The van der Waals surface area contributed by atoms with Crippen molar-refractivity contribution >= 4 is 17.4 Å². The van der Waals surface area contributed by atoms with Gasteiger partial charge in [-0.3, -0.25) is 9.59 Å². The van der Waals surface area contributed by atoms with Crippen LogP contribution in [0.5, 0.6) is 5.75 Å². The SMILES string of the molecule is COCCN1C(=O)C(=O)C(=C(O)c2ccc(OCc3ccccc3C)cc2)C1c1ccc(C)o1. The third-order valence-electron chi connectivity index (χ3n) is 5.89. The van der Waals surface area contributed by atoms with Crippen molar-refractivity contribution in [3.63, 3.8) is 0 Å². The van der Waals surface area contributed by atoms with Crippen molar-refractivity contribution in [2.45, 2.75) is 26.5 Å². The Morgan fingerprint density at radius 2 is 1.76 bits per heavy atom. The van der Waals surface area contributed by atoms with Gasteiger partial charge in [-0.15, -0.1) is 0 Å². The molecule has 1 amide bonds. The van der Waals surface area contributed by atoms with Crippen molar-refractivity contribution in [3.8, 4) is 5.75 Å². The van der Waals surface area contributed by atoms with Crippen molar-refractivity contribution in [1.29, 1.82) is 0 Å². The normalized spacial score (nSPS) is 17.4. The van der Waals surface area contributed by atoms with Crippen LogP contribution >= 0.6 is 0 Å². The number of ether oxygens (including phenoxy) is 2. The van der Waals surface area contributed by atoms with E-state index in [1.54, 1.807) is 43.3 Å². The highest BCUT2D eigenvalue weighted by Gasteiger charge is 2.47. The average Bonchev–Trinajstić information content (AvgIpc) is 3.37. The minimum atomic E-state index is -0.833. The zero-order chi connectivity index (χ0) is 24.2. The number of carbonyl (C=O) groups is 2. The van der Waals surface area contributed by atoms with Gasteiger partial charge < -0.3 is 23.9 Å². The minimum Gasteiger partial charge on any atom is -0.507 e. The summed E-state index contributed by atoms with van der Waals surface area (Å²) in [6, 6.07) is 17.4. The van der Waals surface area contributed by atoms with Gasteiger partial charge in [-0.1, -0.05) is 24.3 Å². The van der Waals surface area contributed by atoms with Crippen LogP contribution in [0.4, 0.5) is 0 Å². The molecule has 0 bridgehead atoms. The Labute approximate surface area is 198 Å². The Balaban J connectivity index is 1.63. The summed E-state index contributed by atoms with van der Waals surface area (Å²) in [6.07, 6.45) is 0.